The minimum Gasteiger partial charge on any atom is -0.494 e. The van der Waals surface area contributed by atoms with E-state index in [0.717, 1.165) is 6.07 Å². The smallest absolute Gasteiger partial charge is 0.243 e. The van der Waals surface area contributed by atoms with Crippen LogP contribution in [0.25, 0.3) is 11.5 Å². The first-order valence-electron chi connectivity index (χ1n) is 9.03. The van der Waals surface area contributed by atoms with Gasteiger partial charge in [-0.1, -0.05) is 6.07 Å². The molecule has 11 heteroatoms. The molecule has 29 heavy (non-hydrogen) atoms. The fourth-order valence-electron chi connectivity index (χ4n) is 3.36. The average molecular weight is 418 g/mol. The maximum Gasteiger partial charge on any atom is 0.243 e. The number of halogens is 1. The van der Waals surface area contributed by atoms with E-state index >= 15 is 0 Å². The molecule has 1 aliphatic rings. The van der Waals surface area contributed by atoms with Gasteiger partial charge < -0.3 is 4.74 Å². The van der Waals surface area contributed by atoms with Gasteiger partial charge in [0.1, 0.15) is 5.69 Å². The number of ether oxygens (including phenoxy) is 1. The fourth-order valence-corrected chi connectivity index (χ4v) is 5.05. The zero-order valence-corrected chi connectivity index (χ0v) is 16.5. The molecule has 0 bridgehead atoms. The van der Waals surface area contributed by atoms with E-state index in [4.69, 9.17) is 4.74 Å². The molecule has 0 spiro atoms. The van der Waals surface area contributed by atoms with Crippen molar-refractivity contribution < 1.29 is 17.5 Å². The molecule has 1 aliphatic heterocycles. The number of aromatic nitrogens is 5. The highest BCUT2D eigenvalue weighted by molar-refractivity contribution is 7.89. The molecule has 1 saturated heterocycles. The fraction of sp³-hybridized carbons (Fsp3) is 0.333. The first-order valence-corrected chi connectivity index (χ1v) is 10.5. The molecular formula is C18H19FN6O3S. The van der Waals surface area contributed by atoms with Gasteiger partial charge in [0, 0.05) is 18.8 Å². The number of benzene rings is 1. The summed E-state index contributed by atoms with van der Waals surface area (Å²) in [7, 11) is -2.54. The largest absolute Gasteiger partial charge is 0.494 e. The van der Waals surface area contributed by atoms with Crippen molar-refractivity contribution in [2.45, 2.75) is 30.3 Å². The van der Waals surface area contributed by atoms with E-state index in [-0.39, 0.29) is 23.2 Å². The summed E-state index contributed by atoms with van der Waals surface area (Å²) < 4.78 is 46.4. The second kappa shape index (κ2) is 7.84. The molecule has 2 aromatic heterocycles. The number of sulfonamides is 1. The zero-order valence-electron chi connectivity index (χ0n) is 15.6. The Morgan fingerprint density at radius 2 is 2.14 bits per heavy atom. The van der Waals surface area contributed by atoms with E-state index in [1.54, 1.807) is 18.3 Å². The number of nitrogens with zero attached hydrogens (tertiary/aromatic N) is 6. The second-order valence-corrected chi connectivity index (χ2v) is 8.48. The molecule has 152 valence electrons. The van der Waals surface area contributed by atoms with Crippen LogP contribution in [-0.4, -0.2) is 57.6 Å². The van der Waals surface area contributed by atoms with Crippen LogP contribution in [0.2, 0.25) is 0 Å². The molecule has 1 aromatic carbocycles. The lowest BCUT2D eigenvalue weighted by molar-refractivity contribution is 0.323. The van der Waals surface area contributed by atoms with Gasteiger partial charge in [0.05, 0.1) is 18.6 Å². The summed E-state index contributed by atoms with van der Waals surface area (Å²) in [6, 6.07) is 8.67. The van der Waals surface area contributed by atoms with Crippen molar-refractivity contribution in [2.75, 3.05) is 13.7 Å². The highest BCUT2D eigenvalue weighted by atomic mass is 32.2. The SMILES string of the molecule is COc1ccc(S(=O)(=O)N2CCCC2Cn2nnc(-c3ccccn3)n2)cc1F. The van der Waals surface area contributed by atoms with Crippen molar-refractivity contribution in [3.05, 3.63) is 48.4 Å². The molecule has 1 atom stereocenters. The zero-order chi connectivity index (χ0) is 20.4. The predicted molar refractivity (Wildman–Crippen MR) is 101 cm³/mol. The first-order chi connectivity index (χ1) is 14.0. The van der Waals surface area contributed by atoms with Crippen LogP contribution in [0.4, 0.5) is 4.39 Å². The summed E-state index contributed by atoms with van der Waals surface area (Å²) in [4.78, 5) is 5.44. The molecule has 0 radical (unpaired) electrons. The Kier molecular flexibility index (Phi) is 5.24. The molecule has 3 aromatic rings. The van der Waals surface area contributed by atoms with Gasteiger partial charge in [0.25, 0.3) is 0 Å². The Morgan fingerprint density at radius 3 is 2.86 bits per heavy atom. The van der Waals surface area contributed by atoms with Crippen molar-refractivity contribution in [1.29, 1.82) is 0 Å². The van der Waals surface area contributed by atoms with E-state index in [9.17, 15) is 12.8 Å². The van der Waals surface area contributed by atoms with Crippen molar-refractivity contribution in [3.63, 3.8) is 0 Å². The van der Waals surface area contributed by atoms with Gasteiger partial charge in [-0.15, -0.1) is 10.2 Å². The highest BCUT2D eigenvalue weighted by Crippen LogP contribution is 2.29. The summed E-state index contributed by atoms with van der Waals surface area (Å²) in [6.45, 7) is 0.597. The maximum atomic E-state index is 14.0. The number of pyridine rings is 1. The number of tetrazole rings is 1. The third-order valence-corrected chi connectivity index (χ3v) is 6.72. The van der Waals surface area contributed by atoms with E-state index < -0.39 is 15.8 Å². The molecule has 0 N–H and O–H groups in total. The normalized spacial score (nSPS) is 17.5. The average Bonchev–Trinajstić information content (AvgIpc) is 3.39. The summed E-state index contributed by atoms with van der Waals surface area (Å²) >= 11 is 0. The Morgan fingerprint density at radius 1 is 1.28 bits per heavy atom. The molecule has 1 unspecified atom stereocenters. The summed E-state index contributed by atoms with van der Waals surface area (Å²) in [5.41, 5.74) is 0.586. The van der Waals surface area contributed by atoms with Crippen LogP contribution in [0.5, 0.6) is 5.75 Å². The van der Waals surface area contributed by atoms with Crippen LogP contribution >= 0.6 is 0 Å². The third-order valence-electron chi connectivity index (χ3n) is 4.77. The van der Waals surface area contributed by atoms with Gasteiger partial charge in [-0.3, -0.25) is 4.98 Å². The Bertz CT molecular complexity index is 1110. The number of methoxy groups -OCH3 is 1. The minimum absolute atomic E-state index is 0.00390. The predicted octanol–water partition coefficient (Wildman–Crippen LogP) is 1.74. The third kappa shape index (κ3) is 3.83. The van der Waals surface area contributed by atoms with E-state index in [1.165, 1.54) is 28.3 Å². The van der Waals surface area contributed by atoms with Crippen molar-refractivity contribution >= 4 is 10.0 Å². The van der Waals surface area contributed by atoms with Crippen LogP contribution in [0.15, 0.2) is 47.5 Å². The Balaban J connectivity index is 1.55. The van der Waals surface area contributed by atoms with E-state index in [2.05, 4.69) is 20.4 Å². The second-order valence-electron chi connectivity index (χ2n) is 6.59. The van der Waals surface area contributed by atoms with Crippen molar-refractivity contribution in [1.82, 2.24) is 29.5 Å². The van der Waals surface area contributed by atoms with E-state index in [0.29, 0.717) is 30.9 Å². The van der Waals surface area contributed by atoms with Gasteiger partial charge >= 0.3 is 0 Å². The lowest BCUT2D eigenvalue weighted by Gasteiger charge is -2.23. The molecular weight excluding hydrogens is 399 g/mol. The topological polar surface area (TPSA) is 103 Å². The lowest BCUT2D eigenvalue weighted by atomic mass is 10.2. The molecule has 4 rings (SSSR count). The lowest BCUT2D eigenvalue weighted by Crippen LogP contribution is -2.38. The molecule has 9 nitrogen and oxygen atoms in total. The quantitative estimate of drug-likeness (QED) is 0.601. The molecule has 0 saturated carbocycles. The standard InChI is InChI=1S/C18H19FN6O3S/c1-28-17-8-7-14(11-15(17)19)29(26,27)24-10-4-5-13(24)12-25-22-18(21-23-25)16-6-2-3-9-20-16/h2-3,6-9,11,13H,4-5,10,12H2,1H3. The number of rotatable bonds is 6. The Labute approximate surface area is 167 Å². The monoisotopic (exact) mass is 418 g/mol. The maximum absolute atomic E-state index is 14.0. The summed E-state index contributed by atoms with van der Waals surface area (Å²) in [5.74, 6) is -0.353. The van der Waals surface area contributed by atoms with Crippen LogP contribution < -0.4 is 4.74 Å². The molecule has 1 fully saturated rings. The van der Waals surface area contributed by atoms with E-state index in [1.807, 2.05) is 6.07 Å². The molecule has 0 amide bonds. The number of hydrogen-bond donors (Lipinski definition) is 0. The Hall–Kier alpha value is -2.92. The van der Waals surface area contributed by atoms with Gasteiger partial charge in [-0.05, 0) is 48.4 Å². The van der Waals surface area contributed by atoms with Crippen LogP contribution in [0.3, 0.4) is 0 Å². The van der Waals surface area contributed by atoms with Crippen LogP contribution in [0.1, 0.15) is 12.8 Å². The van der Waals surface area contributed by atoms with Gasteiger partial charge in [-0.2, -0.15) is 9.10 Å². The van der Waals surface area contributed by atoms with Crippen LogP contribution in [0, 0.1) is 5.82 Å². The van der Waals surface area contributed by atoms with Gasteiger partial charge in [-0.25, -0.2) is 12.8 Å². The summed E-state index contributed by atoms with van der Waals surface area (Å²) in [5, 5.41) is 12.3. The minimum atomic E-state index is -3.86. The van der Waals surface area contributed by atoms with Gasteiger partial charge in [0.2, 0.25) is 15.8 Å². The van der Waals surface area contributed by atoms with Crippen LogP contribution in [-0.2, 0) is 16.6 Å². The highest BCUT2D eigenvalue weighted by Gasteiger charge is 2.36. The molecule has 3 heterocycles. The number of hydrogen-bond acceptors (Lipinski definition) is 7. The van der Waals surface area contributed by atoms with Crippen molar-refractivity contribution in [2.24, 2.45) is 0 Å². The van der Waals surface area contributed by atoms with Gasteiger partial charge in [0.15, 0.2) is 11.6 Å². The first kappa shape index (κ1) is 19.4. The molecule has 0 aliphatic carbocycles. The van der Waals surface area contributed by atoms with Crippen molar-refractivity contribution in [3.8, 4) is 17.3 Å². The summed E-state index contributed by atoms with van der Waals surface area (Å²) in [6.07, 6.45) is 2.98.